The minimum Gasteiger partial charge on any atom is -0.253 e. The zero-order valence-corrected chi connectivity index (χ0v) is 20.6. The fraction of sp³-hybridized carbons (Fsp3) is 0.0714. The van der Waals surface area contributed by atoms with Gasteiger partial charge in [-0.15, -0.1) is 30.6 Å². The number of hydrogen-bond acceptors (Lipinski definition) is 10. The summed E-state index contributed by atoms with van der Waals surface area (Å²) in [7, 11) is 0. The summed E-state index contributed by atoms with van der Waals surface area (Å²) < 4.78 is 0. The molecule has 0 aliphatic heterocycles. The van der Waals surface area contributed by atoms with Crippen LogP contribution in [0, 0.1) is 13.8 Å². The van der Waals surface area contributed by atoms with Crippen molar-refractivity contribution in [2.24, 2.45) is 0 Å². The van der Waals surface area contributed by atoms with Crippen molar-refractivity contribution in [2.45, 2.75) is 13.8 Å². The second-order valence-corrected chi connectivity index (χ2v) is 8.53. The third kappa shape index (κ3) is 4.58. The molecule has 6 aromatic rings. The van der Waals surface area contributed by atoms with Crippen LogP contribution >= 0.6 is 0 Å². The fourth-order valence-electron chi connectivity index (χ4n) is 4.03. The molecule has 0 saturated carbocycles. The standard InChI is InChI=1S/C28H20N10/c1-17-6-3-8-20(31-17)19-16-30-38-28(27(19)25-9-4-7-18(2)32-25)26-14-13-24(36-37-26)23-12-11-22(34-35-23)21-10-5-15-29-33-21/h3-16H,1-2H3. The second kappa shape index (κ2) is 9.94. The molecule has 10 nitrogen and oxygen atoms in total. The van der Waals surface area contributed by atoms with Crippen molar-refractivity contribution in [1.29, 1.82) is 0 Å². The van der Waals surface area contributed by atoms with Crippen LogP contribution in [0.1, 0.15) is 11.4 Å². The van der Waals surface area contributed by atoms with Gasteiger partial charge in [-0.1, -0.05) is 12.1 Å². The lowest BCUT2D eigenvalue weighted by Crippen LogP contribution is -2.02. The molecule has 0 amide bonds. The Labute approximate surface area is 218 Å². The molecule has 6 heterocycles. The van der Waals surface area contributed by atoms with E-state index in [1.807, 2.05) is 80.6 Å². The number of nitrogens with zero attached hydrogens (tertiary/aromatic N) is 10. The molecule has 0 spiro atoms. The lowest BCUT2D eigenvalue weighted by Gasteiger charge is -2.13. The summed E-state index contributed by atoms with van der Waals surface area (Å²) in [5, 5.41) is 34.1. The first-order valence-corrected chi connectivity index (χ1v) is 11.9. The van der Waals surface area contributed by atoms with Gasteiger partial charge in [0.1, 0.15) is 34.2 Å². The summed E-state index contributed by atoms with van der Waals surface area (Å²) in [4.78, 5) is 9.48. The largest absolute Gasteiger partial charge is 0.253 e. The quantitative estimate of drug-likeness (QED) is 0.334. The predicted octanol–water partition coefficient (Wildman–Crippen LogP) is 4.59. The molecule has 0 atom stereocenters. The van der Waals surface area contributed by atoms with E-state index in [1.165, 1.54) is 0 Å². The van der Waals surface area contributed by atoms with Crippen LogP contribution < -0.4 is 0 Å². The van der Waals surface area contributed by atoms with Crippen LogP contribution in [-0.2, 0) is 0 Å². The lowest BCUT2D eigenvalue weighted by molar-refractivity contribution is 0.966. The zero-order valence-electron chi connectivity index (χ0n) is 20.6. The highest BCUT2D eigenvalue weighted by atomic mass is 15.2. The highest BCUT2D eigenvalue weighted by Gasteiger charge is 2.20. The van der Waals surface area contributed by atoms with Gasteiger partial charge in [-0.25, -0.2) is 0 Å². The molecule has 6 aromatic heterocycles. The van der Waals surface area contributed by atoms with Crippen molar-refractivity contribution in [1.82, 2.24) is 50.8 Å². The van der Waals surface area contributed by atoms with Gasteiger partial charge in [0, 0.05) is 28.7 Å². The van der Waals surface area contributed by atoms with E-state index in [0.717, 1.165) is 33.9 Å². The predicted molar refractivity (Wildman–Crippen MR) is 141 cm³/mol. The first-order valence-electron chi connectivity index (χ1n) is 11.9. The van der Waals surface area contributed by atoms with Crippen molar-refractivity contribution >= 4 is 0 Å². The van der Waals surface area contributed by atoms with Gasteiger partial charge in [-0.3, -0.25) is 9.97 Å². The molecule has 0 saturated heterocycles. The number of aryl methyl sites for hydroxylation is 2. The Morgan fingerprint density at radius 1 is 0.447 bits per heavy atom. The maximum absolute atomic E-state index is 4.76. The van der Waals surface area contributed by atoms with Crippen LogP contribution in [0.4, 0.5) is 0 Å². The van der Waals surface area contributed by atoms with Gasteiger partial charge in [0.25, 0.3) is 0 Å². The molecule has 182 valence electrons. The molecule has 0 aliphatic carbocycles. The van der Waals surface area contributed by atoms with E-state index in [-0.39, 0.29) is 0 Å². The summed E-state index contributed by atoms with van der Waals surface area (Å²) in [5.74, 6) is 0. The number of rotatable bonds is 5. The minimum atomic E-state index is 0.554. The van der Waals surface area contributed by atoms with E-state index in [0.29, 0.717) is 34.2 Å². The average Bonchev–Trinajstić information content (AvgIpc) is 2.97. The normalized spacial score (nSPS) is 10.9. The molecule has 10 heteroatoms. The molecule has 6 rings (SSSR count). The van der Waals surface area contributed by atoms with E-state index >= 15 is 0 Å². The topological polar surface area (TPSA) is 129 Å². The van der Waals surface area contributed by atoms with Crippen molar-refractivity contribution in [2.75, 3.05) is 0 Å². The molecule has 0 unspecified atom stereocenters. The maximum atomic E-state index is 4.76. The van der Waals surface area contributed by atoms with Crippen LogP contribution in [0.15, 0.2) is 85.2 Å². The highest BCUT2D eigenvalue weighted by Crippen LogP contribution is 2.36. The molecule has 0 N–H and O–H groups in total. The van der Waals surface area contributed by atoms with E-state index in [4.69, 9.17) is 9.97 Å². The molecule has 38 heavy (non-hydrogen) atoms. The smallest absolute Gasteiger partial charge is 0.123 e. The highest BCUT2D eigenvalue weighted by molar-refractivity contribution is 5.89. The fourth-order valence-corrected chi connectivity index (χ4v) is 4.03. The lowest BCUT2D eigenvalue weighted by atomic mass is 9.99. The van der Waals surface area contributed by atoms with Gasteiger partial charge in [-0.2, -0.15) is 10.2 Å². The van der Waals surface area contributed by atoms with Crippen LogP contribution in [0.2, 0.25) is 0 Å². The number of hydrogen-bond donors (Lipinski definition) is 0. The SMILES string of the molecule is Cc1cccc(-c2cnnc(-c3ccc(-c4ccc(-c5cccnn5)nn4)nn3)c2-c2cccc(C)n2)n1. The maximum Gasteiger partial charge on any atom is 0.123 e. The van der Waals surface area contributed by atoms with Crippen LogP contribution in [0.25, 0.3) is 56.7 Å². The second-order valence-electron chi connectivity index (χ2n) is 8.53. The first kappa shape index (κ1) is 23.0. The van der Waals surface area contributed by atoms with E-state index < -0.39 is 0 Å². The van der Waals surface area contributed by atoms with E-state index in [9.17, 15) is 0 Å². The van der Waals surface area contributed by atoms with Gasteiger partial charge >= 0.3 is 0 Å². The monoisotopic (exact) mass is 496 g/mol. The van der Waals surface area contributed by atoms with Crippen LogP contribution in [0.5, 0.6) is 0 Å². The third-order valence-corrected chi connectivity index (χ3v) is 5.83. The van der Waals surface area contributed by atoms with E-state index in [1.54, 1.807) is 18.5 Å². The Hall–Kier alpha value is -5.38. The van der Waals surface area contributed by atoms with Crippen molar-refractivity contribution in [3.8, 4) is 56.7 Å². The van der Waals surface area contributed by atoms with Crippen molar-refractivity contribution < 1.29 is 0 Å². The van der Waals surface area contributed by atoms with Gasteiger partial charge in [0.15, 0.2) is 0 Å². The van der Waals surface area contributed by atoms with Gasteiger partial charge in [-0.05, 0) is 74.5 Å². The van der Waals surface area contributed by atoms with Gasteiger partial charge in [0.2, 0.25) is 0 Å². The Kier molecular flexibility index (Phi) is 6.03. The summed E-state index contributed by atoms with van der Waals surface area (Å²) in [6, 6.07) is 22.7. The van der Waals surface area contributed by atoms with Gasteiger partial charge in [0.05, 0.1) is 17.6 Å². The van der Waals surface area contributed by atoms with Crippen LogP contribution in [0.3, 0.4) is 0 Å². The van der Waals surface area contributed by atoms with E-state index in [2.05, 4.69) is 40.8 Å². The molecular weight excluding hydrogens is 476 g/mol. The number of pyridine rings is 2. The molecule has 0 radical (unpaired) electrons. The summed E-state index contributed by atoms with van der Waals surface area (Å²) in [6.45, 7) is 3.91. The molecule has 0 fully saturated rings. The Morgan fingerprint density at radius 2 is 1.00 bits per heavy atom. The number of aromatic nitrogens is 10. The summed E-state index contributed by atoms with van der Waals surface area (Å²) in [5.41, 5.74) is 8.47. The summed E-state index contributed by atoms with van der Waals surface area (Å²) in [6.07, 6.45) is 3.32. The Balaban J connectivity index is 1.41. The zero-order chi connectivity index (χ0) is 25.9. The Morgan fingerprint density at radius 3 is 1.58 bits per heavy atom. The molecule has 0 aliphatic rings. The van der Waals surface area contributed by atoms with Crippen molar-refractivity contribution in [3.63, 3.8) is 0 Å². The minimum absolute atomic E-state index is 0.554. The molecule has 0 aromatic carbocycles. The van der Waals surface area contributed by atoms with Crippen molar-refractivity contribution in [3.05, 3.63) is 96.6 Å². The van der Waals surface area contributed by atoms with Gasteiger partial charge < -0.3 is 0 Å². The van der Waals surface area contributed by atoms with Crippen LogP contribution in [-0.4, -0.2) is 50.8 Å². The third-order valence-electron chi connectivity index (χ3n) is 5.83. The average molecular weight is 497 g/mol. The molecule has 0 bridgehead atoms. The summed E-state index contributed by atoms with van der Waals surface area (Å²) >= 11 is 0. The first-order chi connectivity index (χ1) is 18.7. The molecular formula is C28H20N10. The Bertz CT molecular complexity index is 1720.